The first kappa shape index (κ1) is 14.0. The maximum absolute atomic E-state index is 12.0. The quantitative estimate of drug-likeness (QED) is 0.840. The van der Waals surface area contributed by atoms with Gasteiger partial charge in [-0.15, -0.1) is 12.4 Å². The van der Waals surface area contributed by atoms with Gasteiger partial charge in [0.25, 0.3) is 5.91 Å². The molecule has 6 heteroatoms. The molecule has 1 amide bonds. The van der Waals surface area contributed by atoms with Crippen molar-refractivity contribution in [3.63, 3.8) is 0 Å². The molecule has 2 atom stereocenters. The molecule has 19 heavy (non-hydrogen) atoms. The number of para-hydroxylation sites is 2. The number of fused-ring (bicyclic) bond motifs is 1. The third-order valence-electron chi connectivity index (χ3n) is 3.21. The highest BCUT2D eigenvalue weighted by atomic mass is 35.5. The zero-order valence-corrected chi connectivity index (χ0v) is 11.2. The Balaban J connectivity index is 0.00000133. The van der Waals surface area contributed by atoms with Crippen LogP contribution in [0.15, 0.2) is 24.3 Å². The monoisotopic (exact) mass is 284 g/mol. The van der Waals surface area contributed by atoms with Gasteiger partial charge < -0.3 is 20.1 Å². The standard InChI is InChI=1S/C13H16N2O3.ClH/c16-13(15-9-5-6-14-7-9)12-8-17-10-3-1-2-4-11(10)18-12;/h1-4,9,12,14H,5-8H2,(H,15,16);1H/t9-,12?;/m0./s1. The van der Waals surface area contributed by atoms with Gasteiger partial charge in [-0.1, -0.05) is 12.1 Å². The lowest BCUT2D eigenvalue weighted by Crippen LogP contribution is -2.48. The molecule has 5 nitrogen and oxygen atoms in total. The SMILES string of the molecule is Cl.O=C(N[C@H]1CCNC1)C1COc2ccccc2O1. The summed E-state index contributed by atoms with van der Waals surface area (Å²) < 4.78 is 11.2. The average molecular weight is 285 g/mol. The summed E-state index contributed by atoms with van der Waals surface area (Å²) in [5, 5.41) is 6.18. The van der Waals surface area contributed by atoms with Crippen LogP contribution in [0.2, 0.25) is 0 Å². The highest BCUT2D eigenvalue weighted by Gasteiger charge is 2.29. The van der Waals surface area contributed by atoms with E-state index >= 15 is 0 Å². The van der Waals surface area contributed by atoms with E-state index in [0.717, 1.165) is 19.5 Å². The molecule has 2 aliphatic rings. The van der Waals surface area contributed by atoms with Gasteiger partial charge in [-0.05, 0) is 25.1 Å². The summed E-state index contributed by atoms with van der Waals surface area (Å²) in [5.74, 6) is 1.23. The summed E-state index contributed by atoms with van der Waals surface area (Å²) in [6.07, 6.45) is 0.413. The first-order valence-electron chi connectivity index (χ1n) is 6.22. The van der Waals surface area contributed by atoms with Gasteiger partial charge in [-0.3, -0.25) is 4.79 Å². The molecule has 0 aromatic heterocycles. The third-order valence-corrected chi connectivity index (χ3v) is 3.21. The van der Waals surface area contributed by atoms with E-state index in [0.29, 0.717) is 11.5 Å². The van der Waals surface area contributed by atoms with Crippen molar-refractivity contribution >= 4 is 18.3 Å². The summed E-state index contributed by atoms with van der Waals surface area (Å²) in [6, 6.07) is 7.60. The van der Waals surface area contributed by atoms with E-state index in [1.54, 1.807) is 0 Å². The van der Waals surface area contributed by atoms with Gasteiger partial charge in [0.2, 0.25) is 6.10 Å². The van der Waals surface area contributed by atoms with Crippen LogP contribution >= 0.6 is 12.4 Å². The molecule has 2 heterocycles. The normalized spacial score (nSPS) is 24.4. The first-order chi connectivity index (χ1) is 8.83. The van der Waals surface area contributed by atoms with Gasteiger partial charge in [-0.25, -0.2) is 0 Å². The third kappa shape index (κ3) is 3.11. The van der Waals surface area contributed by atoms with Crippen LogP contribution in [0.25, 0.3) is 0 Å². The zero-order valence-electron chi connectivity index (χ0n) is 10.4. The van der Waals surface area contributed by atoms with Crippen molar-refractivity contribution in [2.45, 2.75) is 18.6 Å². The highest BCUT2D eigenvalue weighted by molar-refractivity contribution is 5.85. The fourth-order valence-corrected chi connectivity index (χ4v) is 2.22. The number of benzene rings is 1. The molecule has 2 N–H and O–H groups in total. The number of hydrogen-bond donors (Lipinski definition) is 2. The number of ether oxygens (including phenoxy) is 2. The summed E-state index contributed by atoms with van der Waals surface area (Å²) in [5.41, 5.74) is 0. The fraction of sp³-hybridized carbons (Fsp3) is 0.462. The first-order valence-corrected chi connectivity index (χ1v) is 6.22. The van der Waals surface area contributed by atoms with E-state index < -0.39 is 6.10 Å². The van der Waals surface area contributed by atoms with E-state index in [4.69, 9.17) is 9.47 Å². The molecule has 0 aliphatic carbocycles. The lowest BCUT2D eigenvalue weighted by Gasteiger charge is -2.26. The van der Waals surface area contributed by atoms with Crippen molar-refractivity contribution in [2.24, 2.45) is 0 Å². The van der Waals surface area contributed by atoms with E-state index in [2.05, 4.69) is 10.6 Å². The minimum Gasteiger partial charge on any atom is -0.485 e. The predicted molar refractivity (Wildman–Crippen MR) is 73.0 cm³/mol. The van der Waals surface area contributed by atoms with Crippen LogP contribution in [-0.4, -0.2) is 37.7 Å². The summed E-state index contributed by atoms with van der Waals surface area (Å²) in [6.45, 7) is 2.05. The molecular weight excluding hydrogens is 268 g/mol. The number of carbonyl (C=O) groups is 1. The van der Waals surface area contributed by atoms with Crippen LogP contribution < -0.4 is 20.1 Å². The Morgan fingerprint density at radius 2 is 2.11 bits per heavy atom. The minimum absolute atomic E-state index is 0. The smallest absolute Gasteiger partial charge is 0.264 e. The van der Waals surface area contributed by atoms with Gasteiger partial charge in [-0.2, -0.15) is 0 Å². The predicted octanol–water partition coefficient (Wildman–Crippen LogP) is 0.726. The molecule has 2 aliphatic heterocycles. The van der Waals surface area contributed by atoms with Crippen molar-refractivity contribution in [3.8, 4) is 11.5 Å². The van der Waals surface area contributed by atoms with E-state index in [-0.39, 0.29) is 31.0 Å². The molecule has 0 bridgehead atoms. The fourth-order valence-electron chi connectivity index (χ4n) is 2.22. The topological polar surface area (TPSA) is 59.6 Å². The molecule has 3 rings (SSSR count). The molecule has 1 saturated heterocycles. The number of rotatable bonds is 2. The van der Waals surface area contributed by atoms with Crippen LogP contribution in [0.1, 0.15) is 6.42 Å². The highest BCUT2D eigenvalue weighted by Crippen LogP contribution is 2.30. The van der Waals surface area contributed by atoms with Gasteiger partial charge in [0.05, 0.1) is 0 Å². The van der Waals surface area contributed by atoms with Crippen molar-refractivity contribution in [3.05, 3.63) is 24.3 Å². The van der Waals surface area contributed by atoms with Crippen molar-refractivity contribution in [1.82, 2.24) is 10.6 Å². The average Bonchev–Trinajstić information content (AvgIpc) is 2.91. The summed E-state index contributed by atoms with van der Waals surface area (Å²) >= 11 is 0. The lowest BCUT2D eigenvalue weighted by atomic mass is 10.2. The summed E-state index contributed by atoms with van der Waals surface area (Å²) in [4.78, 5) is 12.0. The van der Waals surface area contributed by atoms with Crippen molar-refractivity contribution < 1.29 is 14.3 Å². The summed E-state index contributed by atoms with van der Waals surface area (Å²) in [7, 11) is 0. The Morgan fingerprint density at radius 1 is 1.32 bits per heavy atom. The van der Waals surface area contributed by atoms with E-state index in [1.807, 2.05) is 24.3 Å². The largest absolute Gasteiger partial charge is 0.485 e. The molecule has 0 spiro atoms. The second kappa shape index (κ2) is 6.12. The maximum Gasteiger partial charge on any atom is 0.264 e. The number of nitrogens with one attached hydrogen (secondary N) is 2. The molecule has 1 aromatic rings. The lowest BCUT2D eigenvalue weighted by molar-refractivity contribution is -0.130. The second-order valence-electron chi connectivity index (χ2n) is 4.56. The van der Waals surface area contributed by atoms with Gasteiger partial charge in [0.1, 0.15) is 6.61 Å². The molecule has 0 radical (unpaired) electrons. The molecule has 0 saturated carbocycles. The Kier molecular flexibility index (Phi) is 4.50. The molecule has 1 unspecified atom stereocenters. The van der Waals surface area contributed by atoms with Crippen LogP contribution in [-0.2, 0) is 4.79 Å². The number of carbonyl (C=O) groups excluding carboxylic acids is 1. The van der Waals surface area contributed by atoms with E-state index in [9.17, 15) is 4.79 Å². The maximum atomic E-state index is 12.0. The second-order valence-corrected chi connectivity index (χ2v) is 4.56. The minimum atomic E-state index is -0.555. The van der Waals surface area contributed by atoms with E-state index in [1.165, 1.54) is 0 Å². The van der Waals surface area contributed by atoms with Crippen LogP contribution in [0, 0.1) is 0 Å². The number of halogens is 1. The molecule has 1 aromatic carbocycles. The Morgan fingerprint density at radius 3 is 2.84 bits per heavy atom. The number of amides is 1. The Labute approximate surface area is 118 Å². The van der Waals surface area contributed by atoms with Gasteiger partial charge in [0, 0.05) is 12.6 Å². The van der Waals surface area contributed by atoms with Crippen LogP contribution in [0.5, 0.6) is 11.5 Å². The molecule has 1 fully saturated rings. The van der Waals surface area contributed by atoms with Crippen LogP contribution in [0.3, 0.4) is 0 Å². The van der Waals surface area contributed by atoms with Crippen molar-refractivity contribution in [1.29, 1.82) is 0 Å². The Hall–Kier alpha value is -1.46. The van der Waals surface area contributed by atoms with Gasteiger partial charge >= 0.3 is 0 Å². The van der Waals surface area contributed by atoms with Crippen LogP contribution in [0.4, 0.5) is 0 Å². The van der Waals surface area contributed by atoms with Gasteiger partial charge in [0.15, 0.2) is 11.5 Å². The number of hydrogen-bond acceptors (Lipinski definition) is 4. The zero-order chi connectivity index (χ0) is 12.4. The Bertz CT molecular complexity index is 449. The van der Waals surface area contributed by atoms with Crippen molar-refractivity contribution in [2.75, 3.05) is 19.7 Å². The molecular formula is C13H17ClN2O3. The molecule has 104 valence electrons.